The lowest BCUT2D eigenvalue weighted by molar-refractivity contribution is -0.141. The third-order valence-corrected chi connectivity index (χ3v) is 4.14. The summed E-state index contributed by atoms with van der Waals surface area (Å²) in [5.74, 6) is -1.76. The summed E-state index contributed by atoms with van der Waals surface area (Å²) < 4.78 is 10.5. The van der Waals surface area contributed by atoms with E-state index < -0.39 is 17.9 Å². The van der Waals surface area contributed by atoms with Gasteiger partial charge < -0.3 is 9.47 Å². The third-order valence-electron chi connectivity index (χ3n) is 4.14. The number of carbonyl (C=O) groups is 3. The molecule has 1 aromatic heterocycles. The van der Waals surface area contributed by atoms with Crippen LogP contribution in [0, 0.1) is 11.8 Å². The fraction of sp³-hybridized carbons (Fsp3) is 0.381. The molecule has 0 aromatic carbocycles. The summed E-state index contributed by atoms with van der Waals surface area (Å²) in [5.41, 5.74) is 0.454. The van der Waals surface area contributed by atoms with E-state index in [9.17, 15) is 14.4 Å². The van der Waals surface area contributed by atoms with E-state index in [1.165, 1.54) is 18.5 Å². The van der Waals surface area contributed by atoms with Crippen LogP contribution in [0.4, 0.5) is 0 Å². The fourth-order valence-corrected chi connectivity index (χ4v) is 2.20. The number of Topliss-reactive ketones (excluding diaryl/α,β-unsaturated/α-hetero) is 1. The molecule has 2 atom stereocenters. The van der Waals surface area contributed by atoms with Crippen molar-refractivity contribution in [2.75, 3.05) is 13.2 Å². The molecular formula is C21H26N2O5. The Morgan fingerprint density at radius 3 is 2.57 bits per heavy atom. The van der Waals surface area contributed by atoms with Crippen molar-refractivity contribution < 1.29 is 23.9 Å². The van der Waals surface area contributed by atoms with Crippen molar-refractivity contribution in [3.05, 3.63) is 54.5 Å². The van der Waals surface area contributed by atoms with Crippen molar-refractivity contribution in [1.82, 2.24) is 4.98 Å². The molecule has 0 saturated heterocycles. The summed E-state index contributed by atoms with van der Waals surface area (Å²) in [6, 6.07) is 3.21. The van der Waals surface area contributed by atoms with Gasteiger partial charge in [-0.2, -0.15) is 0 Å². The fourth-order valence-electron chi connectivity index (χ4n) is 2.20. The van der Waals surface area contributed by atoms with Gasteiger partial charge in [-0.3, -0.25) is 14.8 Å². The summed E-state index contributed by atoms with van der Waals surface area (Å²) >= 11 is 0. The lowest BCUT2D eigenvalue weighted by Crippen LogP contribution is -2.25. The Kier molecular flexibility index (Phi) is 10.1. The minimum Gasteiger partial charge on any atom is -0.462 e. The summed E-state index contributed by atoms with van der Waals surface area (Å²) in [5, 5.41) is 0. The van der Waals surface area contributed by atoms with Crippen LogP contribution in [0.15, 0.2) is 53.9 Å². The quantitative estimate of drug-likeness (QED) is 0.237. The average molecular weight is 386 g/mol. The van der Waals surface area contributed by atoms with E-state index in [0.29, 0.717) is 12.0 Å². The number of ketones is 1. The highest BCUT2D eigenvalue weighted by molar-refractivity contribution is 5.91. The van der Waals surface area contributed by atoms with E-state index in [4.69, 9.17) is 9.47 Å². The van der Waals surface area contributed by atoms with Crippen LogP contribution in [0.25, 0.3) is 0 Å². The Labute approximate surface area is 165 Å². The Balaban J connectivity index is 2.75. The first-order chi connectivity index (χ1) is 13.4. The number of hydrogen-bond acceptors (Lipinski definition) is 7. The largest absolute Gasteiger partial charge is 0.462 e. The molecule has 0 saturated carbocycles. The van der Waals surface area contributed by atoms with Gasteiger partial charge in [0.25, 0.3) is 0 Å². The van der Waals surface area contributed by atoms with Crippen LogP contribution in [-0.4, -0.2) is 42.6 Å². The van der Waals surface area contributed by atoms with Gasteiger partial charge in [-0.15, -0.1) is 0 Å². The Morgan fingerprint density at radius 2 is 2.00 bits per heavy atom. The summed E-state index contributed by atoms with van der Waals surface area (Å²) in [6.45, 7) is 10.4. The first kappa shape index (κ1) is 23.0. The second kappa shape index (κ2) is 12.3. The number of ether oxygens (including phenoxy) is 2. The number of hydrogen-bond donors (Lipinski definition) is 0. The van der Waals surface area contributed by atoms with E-state index in [1.54, 1.807) is 18.3 Å². The molecule has 7 nitrogen and oxygen atoms in total. The van der Waals surface area contributed by atoms with Gasteiger partial charge in [0.05, 0.1) is 24.4 Å². The van der Waals surface area contributed by atoms with Gasteiger partial charge in [0, 0.05) is 36.9 Å². The van der Waals surface area contributed by atoms with Gasteiger partial charge in [-0.1, -0.05) is 26.5 Å². The zero-order chi connectivity index (χ0) is 20.9. The molecule has 1 rings (SSSR count). The topological polar surface area (TPSA) is 94.9 Å². The second-order valence-corrected chi connectivity index (χ2v) is 6.26. The Hall–Kier alpha value is -3.09. The number of rotatable bonds is 12. The molecule has 2 unspecified atom stereocenters. The van der Waals surface area contributed by atoms with Crippen LogP contribution < -0.4 is 0 Å². The van der Waals surface area contributed by atoms with Crippen LogP contribution in [0.5, 0.6) is 0 Å². The van der Waals surface area contributed by atoms with Gasteiger partial charge in [0.2, 0.25) is 0 Å². The van der Waals surface area contributed by atoms with E-state index in [0.717, 1.165) is 0 Å². The van der Waals surface area contributed by atoms with Crippen LogP contribution >= 0.6 is 0 Å². The molecule has 0 N–H and O–H groups in total. The van der Waals surface area contributed by atoms with Crippen molar-refractivity contribution in [2.45, 2.75) is 26.7 Å². The predicted octanol–water partition coefficient (Wildman–Crippen LogP) is 3.17. The highest BCUT2D eigenvalue weighted by Gasteiger charge is 2.22. The Bertz CT molecular complexity index is 728. The van der Waals surface area contributed by atoms with Crippen LogP contribution in [0.2, 0.25) is 0 Å². The number of esters is 2. The van der Waals surface area contributed by atoms with E-state index >= 15 is 0 Å². The third kappa shape index (κ3) is 7.65. The number of nitrogens with zero attached hydrogens (tertiary/aromatic N) is 2. The van der Waals surface area contributed by atoms with Gasteiger partial charge in [0.1, 0.15) is 5.78 Å². The lowest BCUT2D eigenvalue weighted by Gasteiger charge is -2.18. The van der Waals surface area contributed by atoms with Crippen LogP contribution in [0.3, 0.4) is 0 Å². The standard InChI is InChI=1S/C21H26N2O5/c1-5-15(3)19(24)10-16(13-27-20(25)17(6-2)11-22-4)14-28-21(26)18-8-7-9-23-12-18/h6-9,11-12,15-16H,2,4-5,10,13-14H2,1,3H3/b17-11+. The first-order valence-corrected chi connectivity index (χ1v) is 8.98. The predicted molar refractivity (Wildman–Crippen MR) is 106 cm³/mol. The summed E-state index contributed by atoms with van der Waals surface area (Å²) in [6.07, 6.45) is 6.32. The SMILES string of the molecule is C=C/C(=C\N=C)C(=O)OCC(COC(=O)c1cccnc1)CC(=O)C(C)CC. The van der Waals surface area contributed by atoms with Crippen LogP contribution in [0.1, 0.15) is 37.0 Å². The lowest BCUT2D eigenvalue weighted by atomic mass is 9.94. The number of pyridine rings is 1. The highest BCUT2D eigenvalue weighted by atomic mass is 16.5. The molecule has 0 amide bonds. The van der Waals surface area contributed by atoms with Gasteiger partial charge in [0.15, 0.2) is 0 Å². The van der Waals surface area contributed by atoms with Crippen molar-refractivity contribution in [1.29, 1.82) is 0 Å². The highest BCUT2D eigenvalue weighted by Crippen LogP contribution is 2.15. The van der Waals surface area contributed by atoms with E-state index in [1.807, 2.05) is 13.8 Å². The maximum Gasteiger partial charge on any atom is 0.339 e. The normalized spacial score (nSPS) is 13.1. The van der Waals surface area contributed by atoms with Gasteiger partial charge in [-0.25, -0.2) is 9.59 Å². The molecule has 7 heteroatoms. The minimum absolute atomic E-state index is 0.0215. The molecule has 0 aliphatic rings. The zero-order valence-electron chi connectivity index (χ0n) is 16.3. The summed E-state index contributed by atoms with van der Waals surface area (Å²) in [7, 11) is 0. The van der Waals surface area contributed by atoms with Crippen molar-refractivity contribution in [3.63, 3.8) is 0 Å². The maximum atomic E-state index is 12.3. The summed E-state index contributed by atoms with van der Waals surface area (Å²) in [4.78, 5) is 43.8. The Morgan fingerprint density at radius 1 is 1.29 bits per heavy atom. The van der Waals surface area contributed by atoms with Crippen molar-refractivity contribution in [2.24, 2.45) is 16.8 Å². The molecule has 0 spiro atoms. The molecule has 0 aliphatic heterocycles. The van der Waals surface area contributed by atoms with Crippen LogP contribution in [-0.2, 0) is 19.1 Å². The monoisotopic (exact) mass is 386 g/mol. The molecule has 0 radical (unpaired) electrons. The molecule has 1 aromatic rings. The smallest absolute Gasteiger partial charge is 0.339 e. The second-order valence-electron chi connectivity index (χ2n) is 6.26. The molecule has 0 bridgehead atoms. The molecule has 150 valence electrons. The molecular weight excluding hydrogens is 360 g/mol. The number of carbonyl (C=O) groups excluding carboxylic acids is 3. The van der Waals surface area contributed by atoms with Gasteiger partial charge in [-0.05, 0) is 25.3 Å². The zero-order valence-corrected chi connectivity index (χ0v) is 16.3. The average Bonchev–Trinajstić information content (AvgIpc) is 2.73. The molecule has 0 fully saturated rings. The minimum atomic E-state index is -0.637. The molecule has 0 aliphatic carbocycles. The van der Waals surface area contributed by atoms with Crippen molar-refractivity contribution in [3.8, 4) is 0 Å². The first-order valence-electron chi connectivity index (χ1n) is 8.98. The molecule has 28 heavy (non-hydrogen) atoms. The molecule has 1 heterocycles. The van der Waals surface area contributed by atoms with E-state index in [-0.39, 0.29) is 36.9 Å². The van der Waals surface area contributed by atoms with Crippen molar-refractivity contribution >= 4 is 24.4 Å². The van der Waals surface area contributed by atoms with E-state index in [2.05, 4.69) is 23.3 Å². The maximum absolute atomic E-state index is 12.3. The number of aromatic nitrogens is 1. The number of aliphatic imine (C=N–C) groups is 1. The van der Waals surface area contributed by atoms with Gasteiger partial charge >= 0.3 is 11.9 Å².